The van der Waals surface area contributed by atoms with Crippen molar-refractivity contribution in [3.05, 3.63) is 0 Å². The highest BCUT2D eigenvalue weighted by molar-refractivity contribution is 6.67. The van der Waals surface area contributed by atoms with E-state index in [0.29, 0.717) is 5.00 Å². The summed E-state index contributed by atoms with van der Waals surface area (Å²) >= 11 is 6.11. The lowest BCUT2D eigenvalue weighted by molar-refractivity contribution is 0.689. The second-order valence-electron chi connectivity index (χ2n) is 3.26. The van der Waals surface area contributed by atoms with E-state index in [1.165, 1.54) is 25.7 Å². The van der Waals surface area contributed by atoms with Gasteiger partial charge in [-0.15, -0.1) is 11.6 Å². The first-order valence-electron chi connectivity index (χ1n) is 4.32. The molecule has 0 spiro atoms. The van der Waals surface area contributed by atoms with Crippen molar-refractivity contribution in [1.29, 1.82) is 0 Å². The molecule has 0 saturated heterocycles. The molecule has 0 aromatic heterocycles. The molecule has 1 unspecified atom stereocenters. The minimum absolute atomic E-state index is 0.534. The van der Waals surface area contributed by atoms with Crippen molar-refractivity contribution in [1.82, 2.24) is 0 Å². The van der Waals surface area contributed by atoms with Gasteiger partial charge in [-0.05, 0) is 6.42 Å². The fraction of sp³-hybridized carbons (Fsp3) is 1.00. The van der Waals surface area contributed by atoms with E-state index in [4.69, 9.17) is 11.6 Å². The van der Waals surface area contributed by atoms with Gasteiger partial charge in [0.2, 0.25) is 0 Å². The summed E-state index contributed by atoms with van der Waals surface area (Å²) in [5.74, 6) is 0. The molecule has 0 aliphatic rings. The van der Waals surface area contributed by atoms with E-state index in [2.05, 4.69) is 20.0 Å². The van der Waals surface area contributed by atoms with Gasteiger partial charge in [0.1, 0.15) is 0 Å². The van der Waals surface area contributed by atoms with E-state index in [1.807, 2.05) is 0 Å². The largest absolute Gasteiger partial charge is 0.127 e. The topological polar surface area (TPSA) is 0 Å². The molecule has 0 aromatic rings. The molecule has 0 fully saturated rings. The summed E-state index contributed by atoms with van der Waals surface area (Å²) in [7, 11) is -0.542. The third-order valence-corrected chi connectivity index (χ3v) is 5.32. The van der Waals surface area contributed by atoms with Crippen LogP contribution in [0.5, 0.6) is 0 Å². The molecular weight excluding hydrogens is 160 g/mol. The minimum atomic E-state index is -0.542. The Morgan fingerprint density at radius 2 is 1.90 bits per heavy atom. The Balaban J connectivity index is 3.13. The number of hydrogen-bond acceptors (Lipinski definition) is 0. The van der Waals surface area contributed by atoms with Crippen LogP contribution in [0.4, 0.5) is 0 Å². The standard InChI is InChI=1S/C8H19ClSi/c1-4-5-6-7-8(9)10(2)3/h8,10H,4-7H2,1-3H3. The first-order valence-corrected chi connectivity index (χ1v) is 7.73. The molecule has 0 heterocycles. The number of alkyl halides is 1. The van der Waals surface area contributed by atoms with Gasteiger partial charge < -0.3 is 0 Å². The van der Waals surface area contributed by atoms with Crippen LogP contribution < -0.4 is 0 Å². The maximum atomic E-state index is 6.11. The van der Waals surface area contributed by atoms with E-state index in [-0.39, 0.29) is 0 Å². The van der Waals surface area contributed by atoms with E-state index in [9.17, 15) is 0 Å². The van der Waals surface area contributed by atoms with Crippen LogP contribution in [0.2, 0.25) is 13.1 Å². The second kappa shape index (κ2) is 6.23. The van der Waals surface area contributed by atoms with Gasteiger partial charge in [0.05, 0.1) is 8.80 Å². The van der Waals surface area contributed by atoms with Crippen LogP contribution in [0, 0.1) is 0 Å². The quantitative estimate of drug-likeness (QED) is 0.345. The molecule has 10 heavy (non-hydrogen) atoms. The molecule has 0 aromatic carbocycles. The van der Waals surface area contributed by atoms with Crippen molar-refractivity contribution < 1.29 is 0 Å². The third-order valence-electron chi connectivity index (χ3n) is 1.81. The van der Waals surface area contributed by atoms with Crippen LogP contribution in [-0.2, 0) is 0 Å². The Hall–Kier alpha value is 0.507. The van der Waals surface area contributed by atoms with Crippen molar-refractivity contribution in [2.45, 2.75) is 50.7 Å². The SMILES string of the molecule is CCCCCC(Cl)[SiH](C)C. The summed E-state index contributed by atoms with van der Waals surface area (Å²) in [6, 6.07) is 0. The molecule has 0 rings (SSSR count). The normalized spacial score (nSPS) is 14.1. The van der Waals surface area contributed by atoms with Crippen molar-refractivity contribution in [2.75, 3.05) is 0 Å². The fourth-order valence-corrected chi connectivity index (χ4v) is 1.98. The van der Waals surface area contributed by atoms with Gasteiger partial charge in [-0.1, -0.05) is 39.3 Å². The molecule has 62 valence electrons. The predicted molar refractivity (Wildman–Crippen MR) is 52.7 cm³/mol. The zero-order valence-corrected chi connectivity index (χ0v) is 9.27. The minimum Gasteiger partial charge on any atom is -0.127 e. The molecular formula is C8H19ClSi. The zero-order valence-electron chi connectivity index (χ0n) is 7.36. The maximum absolute atomic E-state index is 6.11. The molecule has 0 amide bonds. The Morgan fingerprint density at radius 3 is 2.30 bits per heavy atom. The van der Waals surface area contributed by atoms with Crippen molar-refractivity contribution in [3.63, 3.8) is 0 Å². The molecule has 0 saturated carbocycles. The second-order valence-corrected chi connectivity index (χ2v) is 7.53. The summed E-state index contributed by atoms with van der Waals surface area (Å²) in [5.41, 5.74) is 0. The molecule has 2 heteroatoms. The predicted octanol–water partition coefficient (Wildman–Crippen LogP) is 3.20. The Morgan fingerprint density at radius 1 is 1.30 bits per heavy atom. The zero-order chi connectivity index (χ0) is 7.98. The van der Waals surface area contributed by atoms with Crippen LogP contribution in [-0.4, -0.2) is 13.8 Å². The molecule has 0 aliphatic heterocycles. The Kier molecular flexibility index (Phi) is 6.55. The highest BCUT2D eigenvalue weighted by Gasteiger charge is 2.08. The lowest BCUT2D eigenvalue weighted by Crippen LogP contribution is -2.17. The lowest BCUT2D eigenvalue weighted by Gasteiger charge is -2.10. The van der Waals surface area contributed by atoms with E-state index in [1.54, 1.807) is 0 Å². The first-order chi connectivity index (χ1) is 4.68. The first kappa shape index (κ1) is 10.5. The average Bonchev–Trinajstić information content (AvgIpc) is 1.88. The van der Waals surface area contributed by atoms with Gasteiger partial charge in [0.15, 0.2) is 0 Å². The molecule has 1 atom stereocenters. The number of hydrogen-bond donors (Lipinski definition) is 0. The molecule has 0 radical (unpaired) electrons. The third kappa shape index (κ3) is 5.30. The molecule has 0 bridgehead atoms. The molecule has 0 N–H and O–H groups in total. The maximum Gasteiger partial charge on any atom is 0.0518 e. The summed E-state index contributed by atoms with van der Waals surface area (Å²) in [4.78, 5) is 0. The van der Waals surface area contributed by atoms with E-state index >= 15 is 0 Å². The Labute approximate surface area is 71.6 Å². The van der Waals surface area contributed by atoms with Gasteiger partial charge in [0.25, 0.3) is 0 Å². The van der Waals surface area contributed by atoms with Gasteiger partial charge in [0, 0.05) is 5.00 Å². The summed E-state index contributed by atoms with van der Waals surface area (Å²) in [6.07, 6.45) is 5.24. The summed E-state index contributed by atoms with van der Waals surface area (Å²) in [5, 5.41) is 0.534. The Bertz CT molecular complexity index is 73.7. The number of unbranched alkanes of at least 4 members (excludes halogenated alkanes) is 2. The molecule has 0 nitrogen and oxygen atoms in total. The average molecular weight is 179 g/mol. The highest BCUT2D eigenvalue weighted by atomic mass is 35.5. The fourth-order valence-electron chi connectivity index (χ4n) is 0.923. The lowest BCUT2D eigenvalue weighted by atomic mass is 10.2. The monoisotopic (exact) mass is 178 g/mol. The van der Waals surface area contributed by atoms with Crippen LogP contribution in [0.25, 0.3) is 0 Å². The summed E-state index contributed by atoms with van der Waals surface area (Å²) < 4.78 is 0. The van der Waals surface area contributed by atoms with Gasteiger partial charge in [-0.2, -0.15) is 0 Å². The van der Waals surface area contributed by atoms with E-state index in [0.717, 1.165) is 0 Å². The number of halogens is 1. The van der Waals surface area contributed by atoms with Gasteiger partial charge in [-0.3, -0.25) is 0 Å². The summed E-state index contributed by atoms with van der Waals surface area (Å²) in [6.45, 7) is 6.88. The van der Waals surface area contributed by atoms with Gasteiger partial charge >= 0.3 is 0 Å². The van der Waals surface area contributed by atoms with Crippen molar-refractivity contribution in [2.24, 2.45) is 0 Å². The highest BCUT2D eigenvalue weighted by Crippen LogP contribution is 2.11. The van der Waals surface area contributed by atoms with Crippen LogP contribution in [0.15, 0.2) is 0 Å². The van der Waals surface area contributed by atoms with Crippen molar-refractivity contribution >= 4 is 20.4 Å². The van der Waals surface area contributed by atoms with Crippen LogP contribution in [0.1, 0.15) is 32.6 Å². The van der Waals surface area contributed by atoms with Gasteiger partial charge in [-0.25, -0.2) is 0 Å². The van der Waals surface area contributed by atoms with E-state index < -0.39 is 8.80 Å². The smallest absolute Gasteiger partial charge is 0.0518 e. The van der Waals surface area contributed by atoms with Crippen LogP contribution in [0.3, 0.4) is 0 Å². The molecule has 0 aliphatic carbocycles. The van der Waals surface area contributed by atoms with Crippen molar-refractivity contribution in [3.8, 4) is 0 Å². The van der Waals surface area contributed by atoms with Crippen LogP contribution >= 0.6 is 11.6 Å². The number of rotatable bonds is 5.